The topological polar surface area (TPSA) is 49.9 Å². The van der Waals surface area contributed by atoms with Crippen LogP contribution in [0.25, 0.3) is 0 Å². The zero-order chi connectivity index (χ0) is 20.4. The quantitative estimate of drug-likeness (QED) is 0.733. The molecule has 0 N–H and O–H groups in total. The van der Waals surface area contributed by atoms with Gasteiger partial charge in [-0.1, -0.05) is 29.8 Å². The molecule has 0 aliphatic carbocycles. The Balaban J connectivity index is 1.48. The van der Waals surface area contributed by atoms with Crippen molar-refractivity contribution in [3.05, 3.63) is 64.7 Å². The van der Waals surface area contributed by atoms with E-state index in [0.29, 0.717) is 41.5 Å². The second-order valence-corrected chi connectivity index (χ2v) is 9.12. The van der Waals surface area contributed by atoms with E-state index in [1.807, 2.05) is 51.9 Å². The first-order valence-electron chi connectivity index (χ1n) is 9.68. The maximum absolute atomic E-state index is 13.2. The van der Waals surface area contributed by atoms with Crippen LogP contribution in [0, 0.1) is 0 Å². The normalized spacial score (nSPS) is 18.1. The maximum Gasteiger partial charge on any atom is 0.256 e. The summed E-state index contributed by atoms with van der Waals surface area (Å²) in [6.07, 6.45) is 1.51. The fraction of sp³-hybridized carbons (Fsp3) is 0.364. The van der Waals surface area contributed by atoms with Gasteiger partial charge >= 0.3 is 0 Å². The number of hydrogen-bond acceptors (Lipinski definition) is 4. The summed E-state index contributed by atoms with van der Waals surface area (Å²) < 4.78 is 5.23. The summed E-state index contributed by atoms with van der Waals surface area (Å²) in [4.78, 5) is 29.7. The van der Waals surface area contributed by atoms with E-state index in [2.05, 4.69) is 0 Å². The smallest absolute Gasteiger partial charge is 0.256 e. The Morgan fingerprint density at radius 1 is 1.03 bits per heavy atom. The van der Waals surface area contributed by atoms with Crippen molar-refractivity contribution in [3.63, 3.8) is 0 Å². The van der Waals surface area contributed by atoms with Gasteiger partial charge in [-0.25, -0.2) is 0 Å². The molecule has 2 saturated heterocycles. The molecule has 29 heavy (non-hydrogen) atoms. The van der Waals surface area contributed by atoms with Gasteiger partial charge in [-0.15, -0.1) is 11.8 Å². The molecule has 2 heterocycles. The van der Waals surface area contributed by atoms with Crippen molar-refractivity contribution < 1.29 is 14.3 Å². The van der Waals surface area contributed by atoms with Gasteiger partial charge in [-0.2, -0.15) is 0 Å². The minimum absolute atomic E-state index is 0.00530. The predicted octanol–water partition coefficient (Wildman–Crippen LogP) is 4.17. The van der Waals surface area contributed by atoms with Gasteiger partial charge < -0.3 is 14.5 Å². The first kappa shape index (κ1) is 20.1. The molecule has 2 aromatic rings. The average molecular weight is 431 g/mol. The highest BCUT2D eigenvalue weighted by atomic mass is 35.5. The van der Waals surface area contributed by atoms with Crippen LogP contribution in [0.5, 0.6) is 5.75 Å². The molecule has 0 aromatic heterocycles. The Morgan fingerprint density at radius 2 is 1.79 bits per heavy atom. The van der Waals surface area contributed by atoms with Crippen LogP contribution in [-0.4, -0.2) is 59.0 Å². The van der Waals surface area contributed by atoms with Crippen molar-refractivity contribution in [2.75, 3.05) is 32.5 Å². The molecule has 0 radical (unpaired) electrons. The lowest BCUT2D eigenvalue weighted by atomic mass is 10.00. The summed E-state index contributed by atoms with van der Waals surface area (Å²) in [7, 11) is 1.59. The second kappa shape index (κ2) is 8.28. The van der Waals surface area contributed by atoms with E-state index in [-0.39, 0.29) is 16.7 Å². The molecule has 0 atom stereocenters. The first-order valence-corrected chi connectivity index (χ1v) is 11.0. The van der Waals surface area contributed by atoms with E-state index in [1.54, 1.807) is 25.3 Å². The Hall–Kier alpha value is -2.18. The second-order valence-electron chi connectivity index (χ2n) is 7.26. The Morgan fingerprint density at radius 3 is 2.52 bits per heavy atom. The molecule has 4 rings (SSSR count). The van der Waals surface area contributed by atoms with Gasteiger partial charge in [0.05, 0.1) is 22.6 Å². The molecule has 5 nitrogen and oxygen atoms in total. The van der Waals surface area contributed by atoms with Gasteiger partial charge in [-0.05, 0) is 43.2 Å². The van der Waals surface area contributed by atoms with E-state index in [1.165, 1.54) is 0 Å². The van der Waals surface area contributed by atoms with Crippen molar-refractivity contribution in [3.8, 4) is 5.75 Å². The lowest BCUT2D eigenvalue weighted by Crippen LogP contribution is -2.53. The third-order valence-corrected chi connectivity index (χ3v) is 7.56. The molecule has 0 saturated carbocycles. The summed E-state index contributed by atoms with van der Waals surface area (Å²) in [5, 5.41) is 0.482. The predicted molar refractivity (Wildman–Crippen MR) is 116 cm³/mol. The Labute approximate surface area is 180 Å². The molecule has 7 heteroatoms. The fourth-order valence-corrected chi connectivity index (χ4v) is 5.76. The van der Waals surface area contributed by atoms with Crippen molar-refractivity contribution in [1.82, 2.24) is 9.80 Å². The molecule has 1 spiro atoms. The van der Waals surface area contributed by atoms with E-state index >= 15 is 0 Å². The number of thioether (sulfide) groups is 1. The number of hydrogen-bond donors (Lipinski definition) is 0. The van der Waals surface area contributed by atoms with E-state index in [0.717, 1.165) is 18.6 Å². The fourth-order valence-electron chi connectivity index (χ4n) is 4.09. The number of methoxy groups -OCH3 is 1. The van der Waals surface area contributed by atoms with Crippen molar-refractivity contribution in [2.24, 2.45) is 0 Å². The molecule has 2 aromatic carbocycles. The molecule has 0 bridgehead atoms. The SMILES string of the molecule is COc1cccc(C(=O)N2CCC3(CC2)SCCN3C(=O)c2ccccc2Cl)c1. The Kier molecular flexibility index (Phi) is 5.74. The van der Waals surface area contributed by atoms with Crippen LogP contribution in [0.1, 0.15) is 33.6 Å². The van der Waals surface area contributed by atoms with Crippen molar-refractivity contribution >= 4 is 35.2 Å². The van der Waals surface area contributed by atoms with Gasteiger partial charge in [0.15, 0.2) is 0 Å². The van der Waals surface area contributed by atoms with Gasteiger partial charge in [-0.3, -0.25) is 9.59 Å². The largest absolute Gasteiger partial charge is 0.497 e. The van der Waals surface area contributed by atoms with E-state index in [9.17, 15) is 9.59 Å². The molecule has 0 unspecified atom stereocenters. The number of nitrogens with zero attached hydrogens (tertiary/aromatic N) is 2. The number of rotatable bonds is 3. The highest BCUT2D eigenvalue weighted by Crippen LogP contribution is 2.45. The molecule has 2 aliphatic rings. The third kappa shape index (κ3) is 3.83. The summed E-state index contributed by atoms with van der Waals surface area (Å²) in [5.41, 5.74) is 1.18. The molecule has 2 fully saturated rings. The number of likely N-dealkylation sites (tertiary alicyclic amines) is 1. The van der Waals surface area contributed by atoms with E-state index in [4.69, 9.17) is 16.3 Å². The average Bonchev–Trinajstić information content (AvgIpc) is 3.16. The summed E-state index contributed by atoms with van der Waals surface area (Å²) in [6.45, 7) is 1.95. The first-order chi connectivity index (χ1) is 14.0. The maximum atomic E-state index is 13.2. The van der Waals surface area contributed by atoms with E-state index < -0.39 is 0 Å². The van der Waals surface area contributed by atoms with Crippen LogP contribution >= 0.6 is 23.4 Å². The number of halogens is 1. The van der Waals surface area contributed by atoms with Gasteiger partial charge in [0.1, 0.15) is 5.75 Å². The highest BCUT2D eigenvalue weighted by Gasteiger charge is 2.47. The third-order valence-electron chi connectivity index (χ3n) is 5.68. The van der Waals surface area contributed by atoms with Crippen LogP contribution < -0.4 is 4.74 Å². The molecular weight excluding hydrogens is 408 g/mol. The molecular formula is C22H23ClN2O3S. The lowest BCUT2D eigenvalue weighted by molar-refractivity contribution is 0.0498. The highest BCUT2D eigenvalue weighted by molar-refractivity contribution is 8.00. The number of carbonyl (C=O) groups is 2. The van der Waals surface area contributed by atoms with Gasteiger partial charge in [0, 0.05) is 31.0 Å². The minimum Gasteiger partial charge on any atom is -0.497 e. The standard InChI is InChI=1S/C22H23ClN2O3S/c1-28-17-6-4-5-16(15-17)20(26)24-11-9-22(10-12-24)25(13-14-29-22)21(27)18-7-2-3-8-19(18)23/h2-8,15H,9-14H2,1H3. The molecule has 2 amide bonds. The van der Waals surface area contributed by atoms with Crippen molar-refractivity contribution in [1.29, 1.82) is 0 Å². The van der Waals surface area contributed by atoms with Crippen LogP contribution in [0.4, 0.5) is 0 Å². The molecule has 2 aliphatic heterocycles. The zero-order valence-electron chi connectivity index (χ0n) is 16.3. The number of piperidine rings is 1. The lowest BCUT2D eigenvalue weighted by Gasteiger charge is -2.44. The van der Waals surface area contributed by atoms with Crippen LogP contribution in [0.3, 0.4) is 0 Å². The molecule has 152 valence electrons. The van der Waals surface area contributed by atoms with Gasteiger partial charge in [0.2, 0.25) is 0 Å². The number of carbonyl (C=O) groups excluding carboxylic acids is 2. The van der Waals surface area contributed by atoms with Crippen molar-refractivity contribution in [2.45, 2.75) is 17.7 Å². The summed E-state index contributed by atoms with van der Waals surface area (Å²) in [6, 6.07) is 14.4. The van der Waals surface area contributed by atoms with Crippen LogP contribution in [0.2, 0.25) is 5.02 Å². The van der Waals surface area contributed by atoms with Gasteiger partial charge in [0.25, 0.3) is 11.8 Å². The zero-order valence-corrected chi connectivity index (χ0v) is 17.8. The summed E-state index contributed by atoms with van der Waals surface area (Å²) in [5.74, 6) is 1.56. The summed E-state index contributed by atoms with van der Waals surface area (Å²) >= 11 is 8.09. The number of benzene rings is 2. The van der Waals surface area contributed by atoms with Crippen LogP contribution in [-0.2, 0) is 0 Å². The number of ether oxygens (including phenoxy) is 1. The minimum atomic E-state index is -0.262. The number of amides is 2. The Bertz CT molecular complexity index is 928. The van der Waals surface area contributed by atoms with Crippen LogP contribution in [0.15, 0.2) is 48.5 Å². The monoisotopic (exact) mass is 430 g/mol.